The molecule has 2 aromatic rings. The van der Waals surface area contributed by atoms with E-state index in [1.165, 1.54) is 11.1 Å². The van der Waals surface area contributed by atoms with Gasteiger partial charge in [0.1, 0.15) is 0 Å². The molecule has 1 amide bonds. The lowest BCUT2D eigenvalue weighted by molar-refractivity contribution is -0.121. The Hall–Kier alpha value is -1.55. The second-order valence-electron chi connectivity index (χ2n) is 5.76. The highest BCUT2D eigenvalue weighted by Gasteiger charge is 2.25. The summed E-state index contributed by atoms with van der Waals surface area (Å²) in [4.78, 5) is 14.7. The summed E-state index contributed by atoms with van der Waals surface area (Å²) in [6.45, 7) is 3.57. The van der Waals surface area contributed by atoms with E-state index in [-0.39, 0.29) is 11.9 Å². The summed E-state index contributed by atoms with van der Waals surface area (Å²) in [6, 6.07) is 13.4. The molecule has 0 fully saturated rings. The summed E-state index contributed by atoms with van der Waals surface area (Å²) in [5.41, 5.74) is 3.21. The van der Waals surface area contributed by atoms with Gasteiger partial charge in [-0.15, -0.1) is 0 Å². The first-order valence-electron chi connectivity index (χ1n) is 7.62. The summed E-state index contributed by atoms with van der Waals surface area (Å²) in [5, 5.41) is 3.68. The Labute approximate surface area is 146 Å². The van der Waals surface area contributed by atoms with Crippen LogP contribution < -0.4 is 5.32 Å². The number of fused-ring (bicyclic) bond motifs is 1. The number of benzene rings is 2. The second kappa shape index (κ2) is 6.91. The Bertz CT molecular complexity index is 733. The van der Waals surface area contributed by atoms with E-state index in [1.54, 1.807) is 18.2 Å². The van der Waals surface area contributed by atoms with Gasteiger partial charge in [0.2, 0.25) is 5.91 Å². The van der Waals surface area contributed by atoms with Crippen molar-refractivity contribution in [3.63, 3.8) is 0 Å². The first-order valence-corrected chi connectivity index (χ1v) is 8.37. The Morgan fingerprint density at radius 2 is 1.87 bits per heavy atom. The highest BCUT2D eigenvalue weighted by molar-refractivity contribution is 6.44. The van der Waals surface area contributed by atoms with Crippen molar-refractivity contribution in [2.24, 2.45) is 0 Å². The zero-order valence-electron chi connectivity index (χ0n) is 12.9. The molecule has 0 spiro atoms. The van der Waals surface area contributed by atoms with Crippen molar-refractivity contribution >= 4 is 34.8 Å². The molecule has 0 saturated carbocycles. The average molecular weight is 349 g/mol. The lowest BCUT2D eigenvalue weighted by Crippen LogP contribution is -2.44. The molecular formula is C18H18Cl2N2O. The predicted octanol–water partition coefficient (Wildman–Crippen LogP) is 4.38. The fourth-order valence-corrected chi connectivity index (χ4v) is 3.20. The quantitative estimate of drug-likeness (QED) is 0.892. The Balaban J connectivity index is 1.70. The summed E-state index contributed by atoms with van der Waals surface area (Å²) in [7, 11) is 0. The fraction of sp³-hybridized carbons (Fsp3) is 0.278. The van der Waals surface area contributed by atoms with Crippen molar-refractivity contribution in [3.8, 4) is 0 Å². The van der Waals surface area contributed by atoms with Crippen LogP contribution in [0.4, 0.5) is 5.69 Å². The molecule has 5 heteroatoms. The van der Waals surface area contributed by atoms with Crippen LogP contribution in [0.5, 0.6) is 0 Å². The largest absolute Gasteiger partial charge is 0.323 e. The van der Waals surface area contributed by atoms with Gasteiger partial charge in [0, 0.05) is 13.1 Å². The van der Waals surface area contributed by atoms with Crippen LogP contribution in [0.15, 0.2) is 42.5 Å². The number of anilines is 1. The van der Waals surface area contributed by atoms with Crippen molar-refractivity contribution < 1.29 is 4.79 Å². The van der Waals surface area contributed by atoms with Crippen molar-refractivity contribution in [1.82, 2.24) is 4.90 Å². The van der Waals surface area contributed by atoms with Crippen molar-refractivity contribution in [2.45, 2.75) is 25.9 Å². The number of hydrogen-bond donors (Lipinski definition) is 1. The van der Waals surface area contributed by atoms with Crippen LogP contribution in [0.1, 0.15) is 18.1 Å². The van der Waals surface area contributed by atoms with Crippen LogP contribution >= 0.6 is 23.2 Å². The molecule has 0 aromatic heterocycles. The summed E-state index contributed by atoms with van der Waals surface area (Å²) in [6.07, 6.45) is 0.964. The van der Waals surface area contributed by atoms with Gasteiger partial charge in [-0.05, 0) is 36.6 Å². The average Bonchev–Trinajstić information content (AvgIpc) is 2.57. The monoisotopic (exact) mass is 348 g/mol. The zero-order valence-corrected chi connectivity index (χ0v) is 14.4. The molecule has 23 heavy (non-hydrogen) atoms. The molecule has 1 atom stereocenters. The fourth-order valence-electron chi connectivity index (χ4n) is 2.85. The number of halogens is 2. The first-order chi connectivity index (χ1) is 11.1. The van der Waals surface area contributed by atoms with E-state index in [9.17, 15) is 4.79 Å². The number of carbonyl (C=O) groups excluding carboxylic acids is 1. The van der Waals surface area contributed by atoms with Gasteiger partial charge in [-0.3, -0.25) is 9.69 Å². The number of nitrogens with zero attached hydrogens (tertiary/aromatic N) is 1. The molecular weight excluding hydrogens is 331 g/mol. The lowest BCUT2D eigenvalue weighted by atomic mass is 9.99. The molecule has 0 unspecified atom stereocenters. The smallest absolute Gasteiger partial charge is 0.241 e. The number of carbonyl (C=O) groups is 1. The third kappa shape index (κ3) is 3.52. The van der Waals surface area contributed by atoms with Gasteiger partial charge in [-0.1, -0.05) is 53.5 Å². The van der Waals surface area contributed by atoms with Gasteiger partial charge in [-0.25, -0.2) is 0 Å². The van der Waals surface area contributed by atoms with Crippen molar-refractivity contribution in [3.05, 3.63) is 63.6 Å². The van der Waals surface area contributed by atoms with Crippen molar-refractivity contribution in [1.29, 1.82) is 0 Å². The van der Waals surface area contributed by atoms with Gasteiger partial charge in [0.15, 0.2) is 0 Å². The molecule has 0 radical (unpaired) electrons. The highest BCUT2D eigenvalue weighted by Crippen LogP contribution is 2.30. The lowest BCUT2D eigenvalue weighted by Gasteiger charge is -2.32. The molecule has 0 saturated heterocycles. The Kier molecular flexibility index (Phi) is 4.90. The SMILES string of the molecule is C[C@@H](C(=O)Nc1cccc(Cl)c1Cl)N1CCc2ccccc2C1. The molecule has 3 rings (SSSR count). The summed E-state index contributed by atoms with van der Waals surface area (Å²) >= 11 is 12.1. The maximum Gasteiger partial charge on any atom is 0.241 e. The van der Waals surface area contributed by atoms with Gasteiger partial charge in [0.25, 0.3) is 0 Å². The minimum atomic E-state index is -0.238. The molecule has 0 aliphatic carbocycles. The third-order valence-corrected chi connectivity index (χ3v) is 5.12. The maximum absolute atomic E-state index is 12.5. The van der Waals surface area contributed by atoms with Gasteiger partial charge in [0.05, 0.1) is 21.8 Å². The van der Waals surface area contributed by atoms with E-state index in [0.29, 0.717) is 15.7 Å². The third-order valence-electron chi connectivity index (χ3n) is 4.30. The van der Waals surface area contributed by atoms with E-state index in [1.807, 2.05) is 13.0 Å². The normalized spacial score (nSPS) is 15.8. The Morgan fingerprint density at radius 3 is 2.65 bits per heavy atom. The van der Waals surface area contributed by atoms with Crippen LogP contribution in [0.2, 0.25) is 10.0 Å². The molecule has 1 N–H and O–H groups in total. The molecule has 1 aliphatic rings. The van der Waals surface area contributed by atoms with E-state index in [4.69, 9.17) is 23.2 Å². The molecule has 0 bridgehead atoms. The number of rotatable bonds is 3. The molecule has 2 aromatic carbocycles. The first kappa shape index (κ1) is 16.3. The molecule has 1 heterocycles. The summed E-state index contributed by atoms with van der Waals surface area (Å²) < 4.78 is 0. The molecule has 3 nitrogen and oxygen atoms in total. The van der Waals surface area contributed by atoms with Crippen LogP contribution in [-0.2, 0) is 17.8 Å². The highest BCUT2D eigenvalue weighted by atomic mass is 35.5. The number of amides is 1. The number of hydrogen-bond acceptors (Lipinski definition) is 2. The van der Waals surface area contributed by atoms with Crippen LogP contribution in [0.3, 0.4) is 0 Å². The van der Waals surface area contributed by atoms with Crippen LogP contribution in [-0.4, -0.2) is 23.4 Å². The Morgan fingerprint density at radius 1 is 1.13 bits per heavy atom. The second-order valence-corrected chi connectivity index (χ2v) is 6.54. The topological polar surface area (TPSA) is 32.3 Å². The van der Waals surface area contributed by atoms with Gasteiger partial charge >= 0.3 is 0 Å². The predicted molar refractivity (Wildman–Crippen MR) is 95.1 cm³/mol. The summed E-state index contributed by atoms with van der Waals surface area (Å²) in [5.74, 6) is -0.0754. The van der Waals surface area contributed by atoms with E-state index in [0.717, 1.165) is 19.5 Å². The van der Waals surface area contributed by atoms with Gasteiger partial charge < -0.3 is 5.32 Å². The zero-order chi connectivity index (χ0) is 16.4. The van der Waals surface area contributed by atoms with Crippen molar-refractivity contribution in [2.75, 3.05) is 11.9 Å². The van der Waals surface area contributed by atoms with Crippen LogP contribution in [0, 0.1) is 0 Å². The minimum Gasteiger partial charge on any atom is -0.323 e. The molecule has 120 valence electrons. The van der Waals surface area contributed by atoms with E-state index < -0.39 is 0 Å². The number of nitrogens with one attached hydrogen (secondary N) is 1. The van der Waals surface area contributed by atoms with E-state index >= 15 is 0 Å². The minimum absolute atomic E-state index is 0.0754. The van der Waals surface area contributed by atoms with Crippen LogP contribution in [0.25, 0.3) is 0 Å². The maximum atomic E-state index is 12.5. The van der Waals surface area contributed by atoms with E-state index in [2.05, 4.69) is 28.4 Å². The molecule has 1 aliphatic heterocycles. The standard InChI is InChI=1S/C18H18Cl2N2O/c1-12(18(23)21-16-8-4-7-15(19)17(16)20)22-10-9-13-5-2-3-6-14(13)11-22/h2-8,12H,9-11H2,1H3,(H,21,23)/t12-/m0/s1. The van der Waals surface area contributed by atoms with Gasteiger partial charge in [-0.2, -0.15) is 0 Å².